The van der Waals surface area contributed by atoms with Crippen molar-refractivity contribution < 1.29 is 9.21 Å². The first-order valence-corrected chi connectivity index (χ1v) is 10.0. The van der Waals surface area contributed by atoms with Gasteiger partial charge in [0.2, 0.25) is 0 Å². The Bertz CT molecular complexity index is 899. The van der Waals surface area contributed by atoms with Crippen LogP contribution < -0.4 is 0 Å². The second-order valence-electron chi connectivity index (χ2n) is 7.17. The highest BCUT2D eigenvalue weighted by molar-refractivity contribution is 7.14. The quantitative estimate of drug-likeness (QED) is 0.698. The molecule has 1 unspecified atom stereocenters. The summed E-state index contributed by atoms with van der Waals surface area (Å²) in [7, 11) is 1.83. The van der Waals surface area contributed by atoms with Gasteiger partial charge in [-0.25, -0.2) is 0 Å². The largest absolute Gasteiger partial charge is 0.472 e. The Morgan fingerprint density at radius 3 is 3.07 bits per heavy atom. The molecule has 3 aromatic heterocycles. The van der Waals surface area contributed by atoms with Crippen LogP contribution in [-0.4, -0.2) is 39.5 Å². The van der Waals surface area contributed by atoms with Crippen molar-refractivity contribution in [1.82, 2.24) is 20.0 Å². The number of thiophene rings is 1. The molecule has 4 rings (SSSR count). The zero-order chi connectivity index (χ0) is 18.8. The Morgan fingerprint density at radius 2 is 2.33 bits per heavy atom. The van der Waals surface area contributed by atoms with Gasteiger partial charge in [0.05, 0.1) is 23.1 Å². The summed E-state index contributed by atoms with van der Waals surface area (Å²) in [5.41, 5.74) is 3.16. The summed E-state index contributed by atoms with van der Waals surface area (Å²) in [6.45, 7) is 4.49. The standard InChI is InChI=1S/C20H24N4O2S/c1-14-10-16(22-21-14)12-24-8-3-4-17(24)18-5-6-19(27-18)20(25)23(2)11-15-7-9-26-13-15/h5-7,9-10,13,17H,3-4,8,11-12H2,1-2H3,(H,21,22). The fourth-order valence-corrected chi connectivity index (χ4v) is 4.84. The fourth-order valence-electron chi connectivity index (χ4n) is 3.66. The number of nitrogens with zero attached hydrogens (tertiary/aromatic N) is 3. The number of aryl methyl sites for hydroxylation is 1. The third-order valence-corrected chi connectivity index (χ3v) is 6.17. The van der Waals surface area contributed by atoms with E-state index in [9.17, 15) is 4.79 Å². The molecule has 1 fully saturated rings. The van der Waals surface area contributed by atoms with Gasteiger partial charge < -0.3 is 9.32 Å². The lowest BCUT2D eigenvalue weighted by molar-refractivity contribution is 0.0789. The summed E-state index contributed by atoms with van der Waals surface area (Å²) in [6, 6.07) is 8.43. The normalized spacial score (nSPS) is 17.5. The average molecular weight is 385 g/mol. The third kappa shape index (κ3) is 3.99. The van der Waals surface area contributed by atoms with Crippen LogP contribution in [0.2, 0.25) is 0 Å². The Hall–Kier alpha value is -2.38. The van der Waals surface area contributed by atoms with Gasteiger partial charge in [-0.05, 0) is 50.6 Å². The minimum atomic E-state index is 0.0555. The van der Waals surface area contributed by atoms with Crippen molar-refractivity contribution in [3.05, 3.63) is 63.5 Å². The van der Waals surface area contributed by atoms with E-state index in [0.29, 0.717) is 12.6 Å². The summed E-state index contributed by atoms with van der Waals surface area (Å²) in [5, 5.41) is 7.38. The van der Waals surface area contributed by atoms with Gasteiger partial charge in [0.1, 0.15) is 0 Å². The van der Waals surface area contributed by atoms with Crippen LogP contribution in [0.3, 0.4) is 0 Å². The van der Waals surface area contributed by atoms with Crippen LogP contribution >= 0.6 is 11.3 Å². The van der Waals surface area contributed by atoms with Crippen LogP contribution in [0.4, 0.5) is 0 Å². The zero-order valence-electron chi connectivity index (χ0n) is 15.6. The maximum Gasteiger partial charge on any atom is 0.263 e. The maximum atomic E-state index is 12.8. The van der Waals surface area contributed by atoms with Gasteiger partial charge in [0, 0.05) is 42.3 Å². The first kappa shape index (κ1) is 18.0. The van der Waals surface area contributed by atoms with E-state index < -0.39 is 0 Å². The molecular weight excluding hydrogens is 360 g/mol. The number of likely N-dealkylation sites (tertiary alicyclic amines) is 1. The SMILES string of the molecule is Cc1cc(CN2CCCC2c2ccc(C(=O)N(C)Cc3ccoc3)s2)n[nH]1. The number of aromatic nitrogens is 2. The number of furan rings is 1. The summed E-state index contributed by atoms with van der Waals surface area (Å²) in [4.78, 5) is 19.0. The maximum absolute atomic E-state index is 12.8. The summed E-state index contributed by atoms with van der Waals surface area (Å²) in [5.74, 6) is 0.0555. The minimum absolute atomic E-state index is 0.0555. The summed E-state index contributed by atoms with van der Waals surface area (Å²) in [6.07, 6.45) is 5.61. The van der Waals surface area contributed by atoms with Gasteiger partial charge in [-0.15, -0.1) is 11.3 Å². The number of carbonyl (C=O) groups is 1. The number of hydrogen-bond donors (Lipinski definition) is 1. The molecule has 1 N–H and O–H groups in total. The van der Waals surface area contributed by atoms with E-state index in [2.05, 4.69) is 27.2 Å². The topological polar surface area (TPSA) is 65.4 Å². The van der Waals surface area contributed by atoms with Crippen molar-refractivity contribution in [2.75, 3.05) is 13.6 Å². The molecule has 0 aliphatic carbocycles. The number of aromatic amines is 1. The smallest absolute Gasteiger partial charge is 0.263 e. The average Bonchev–Trinajstić information content (AvgIpc) is 3.42. The summed E-state index contributed by atoms with van der Waals surface area (Å²) >= 11 is 1.61. The van der Waals surface area contributed by atoms with Crippen molar-refractivity contribution in [3.8, 4) is 0 Å². The van der Waals surface area contributed by atoms with E-state index in [1.54, 1.807) is 28.8 Å². The Labute approximate surface area is 162 Å². The first-order chi connectivity index (χ1) is 13.1. The van der Waals surface area contributed by atoms with E-state index in [-0.39, 0.29) is 5.91 Å². The van der Waals surface area contributed by atoms with Gasteiger partial charge in [0.15, 0.2) is 0 Å². The molecule has 1 aliphatic rings. The predicted octanol–water partition coefficient (Wildman–Crippen LogP) is 3.98. The molecule has 4 heterocycles. The molecule has 1 atom stereocenters. The molecule has 3 aromatic rings. The highest BCUT2D eigenvalue weighted by Gasteiger charge is 2.28. The van der Waals surface area contributed by atoms with Crippen LogP contribution in [-0.2, 0) is 13.1 Å². The van der Waals surface area contributed by atoms with Crippen LogP contribution in [0.15, 0.2) is 41.2 Å². The Kier molecular flexibility index (Phi) is 5.13. The van der Waals surface area contributed by atoms with Gasteiger partial charge >= 0.3 is 0 Å². The molecule has 0 aromatic carbocycles. The molecule has 0 bridgehead atoms. The van der Waals surface area contributed by atoms with Crippen molar-refractivity contribution in [1.29, 1.82) is 0 Å². The number of amides is 1. The monoisotopic (exact) mass is 384 g/mol. The molecule has 0 radical (unpaired) electrons. The van der Waals surface area contributed by atoms with Gasteiger partial charge in [-0.3, -0.25) is 14.8 Å². The number of H-pyrrole nitrogens is 1. The van der Waals surface area contributed by atoms with Crippen LogP contribution in [0.5, 0.6) is 0 Å². The molecule has 1 saturated heterocycles. The number of carbonyl (C=O) groups excluding carboxylic acids is 1. The van der Waals surface area contributed by atoms with Crippen LogP contribution in [0, 0.1) is 6.92 Å². The first-order valence-electron chi connectivity index (χ1n) is 9.21. The fraction of sp³-hybridized carbons (Fsp3) is 0.400. The molecular formula is C20H24N4O2S. The van der Waals surface area contributed by atoms with Crippen LogP contribution in [0.1, 0.15) is 50.4 Å². The number of nitrogens with one attached hydrogen (secondary N) is 1. The predicted molar refractivity (Wildman–Crippen MR) is 105 cm³/mol. The van der Waals surface area contributed by atoms with Gasteiger partial charge in [-0.1, -0.05) is 0 Å². The van der Waals surface area contributed by atoms with Crippen molar-refractivity contribution in [2.24, 2.45) is 0 Å². The molecule has 1 amide bonds. The molecule has 1 aliphatic heterocycles. The Morgan fingerprint density at radius 1 is 1.44 bits per heavy atom. The zero-order valence-corrected chi connectivity index (χ0v) is 16.5. The van der Waals surface area contributed by atoms with Crippen molar-refractivity contribution >= 4 is 17.2 Å². The second kappa shape index (κ2) is 7.70. The van der Waals surface area contributed by atoms with E-state index in [0.717, 1.165) is 41.3 Å². The summed E-state index contributed by atoms with van der Waals surface area (Å²) < 4.78 is 5.09. The van der Waals surface area contributed by atoms with Crippen molar-refractivity contribution in [2.45, 2.75) is 38.9 Å². The van der Waals surface area contributed by atoms with E-state index >= 15 is 0 Å². The molecule has 6 nitrogen and oxygen atoms in total. The van der Waals surface area contributed by atoms with Crippen molar-refractivity contribution in [3.63, 3.8) is 0 Å². The molecule has 0 spiro atoms. The molecule has 7 heteroatoms. The lowest BCUT2D eigenvalue weighted by atomic mass is 10.2. The lowest BCUT2D eigenvalue weighted by Gasteiger charge is -2.22. The number of rotatable bonds is 6. The van der Waals surface area contributed by atoms with Crippen LogP contribution in [0.25, 0.3) is 0 Å². The van der Waals surface area contributed by atoms with E-state index in [4.69, 9.17) is 4.42 Å². The second-order valence-corrected chi connectivity index (χ2v) is 8.28. The highest BCUT2D eigenvalue weighted by atomic mass is 32.1. The molecule has 0 saturated carbocycles. The minimum Gasteiger partial charge on any atom is -0.472 e. The number of hydrogen-bond acceptors (Lipinski definition) is 5. The molecule has 27 heavy (non-hydrogen) atoms. The Balaban J connectivity index is 1.43. The van der Waals surface area contributed by atoms with E-state index in [1.807, 2.05) is 26.1 Å². The van der Waals surface area contributed by atoms with Gasteiger partial charge in [-0.2, -0.15) is 5.10 Å². The lowest BCUT2D eigenvalue weighted by Crippen LogP contribution is -2.25. The van der Waals surface area contributed by atoms with E-state index in [1.165, 1.54) is 11.3 Å². The third-order valence-electron chi connectivity index (χ3n) is 5.00. The molecule has 142 valence electrons. The van der Waals surface area contributed by atoms with Gasteiger partial charge in [0.25, 0.3) is 5.91 Å². The highest BCUT2D eigenvalue weighted by Crippen LogP contribution is 2.37.